The minimum absolute atomic E-state index is 0.195. The molecule has 0 spiro atoms. The first-order chi connectivity index (χ1) is 18.0. The van der Waals surface area contributed by atoms with Crippen molar-refractivity contribution in [3.8, 4) is 11.4 Å². The number of nitrogens with zero attached hydrogens (tertiary/aromatic N) is 6. The quantitative estimate of drug-likeness (QED) is 0.294. The van der Waals surface area contributed by atoms with Crippen molar-refractivity contribution in [2.75, 3.05) is 0 Å². The highest BCUT2D eigenvalue weighted by molar-refractivity contribution is 6.01. The van der Waals surface area contributed by atoms with Crippen LogP contribution in [0.1, 0.15) is 52.5 Å². The van der Waals surface area contributed by atoms with E-state index in [1.54, 1.807) is 30.3 Å². The number of hydrogen-bond acceptors (Lipinski definition) is 5. The molecule has 3 heterocycles. The summed E-state index contributed by atoms with van der Waals surface area (Å²) >= 11 is 0. The van der Waals surface area contributed by atoms with Gasteiger partial charge in [-0.1, -0.05) is 30.3 Å². The SMILES string of the molecule is Cc1ccc(=O)n(Cc2ccc(-c3nc(C(F)(F)F)cn3C)cc2)c1/N=C(\N)c1c(C)ncnc1C1CC1. The number of halogens is 3. The van der Waals surface area contributed by atoms with Gasteiger partial charge >= 0.3 is 6.18 Å². The zero-order chi connectivity index (χ0) is 27.2. The lowest BCUT2D eigenvalue weighted by Crippen LogP contribution is -2.23. The molecule has 0 unspecified atom stereocenters. The third-order valence-electron chi connectivity index (χ3n) is 6.58. The number of pyridine rings is 1. The second kappa shape index (κ2) is 9.55. The molecule has 0 amide bonds. The first-order valence-corrected chi connectivity index (χ1v) is 12.1. The largest absolute Gasteiger partial charge is 0.434 e. The summed E-state index contributed by atoms with van der Waals surface area (Å²) in [4.78, 5) is 30.0. The van der Waals surface area contributed by atoms with Crippen LogP contribution in [0.3, 0.4) is 0 Å². The van der Waals surface area contributed by atoms with Gasteiger partial charge in [0.25, 0.3) is 5.56 Å². The maximum atomic E-state index is 13.1. The van der Waals surface area contributed by atoms with Gasteiger partial charge in [0, 0.05) is 30.8 Å². The normalized spacial score (nSPS) is 14.2. The Hall–Kier alpha value is -4.28. The molecule has 0 aliphatic heterocycles. The molecule has 0 atom stereocenters. The number of amidine groups is 1. The topological polar surface area (TPSA) is 104 Å². The van der Waals surface area contributed by atoms with Crippen molar-refractivity contribution in [3.05, 3.63) is 93.0 Å². The predicted octanol–water partition coefficient (Wildman–Crippen LogP) is 4.64. The smallest absolute Gasteiger partial charge is 0.383 e. The second-order valence-electron chi connectivity index (χ2n) is 9.51. The molecule has 1 aromatic carbocycles. The Kier molecular flexibility index (Phi) is 6.38. The Morgan fingerprint density at radius 1 is 1.11 bits per heavy atom. The van der Waals surface area contributed by atoms with E-state index in [-0.39, 0.29) is 23.8 Å². The summed E-state index contributed by atoms with van der Waals surface area (Å²) in [5, 5.41) is 0. The molecule has 0 radical (unpaired) electrons. The van der Waals surface area contributed by atoms with Crippen LogP contribution in [0.2, 0.25) is 0 Å². The van der Waals surface area contributed by atoms with Gasteiger partial charge in [-0.3, -0.25) is 9.36 Å². The minimum Gasteiger partial charge on any atom is -0.383 e. The highest BCUT2D eigenvalue weighted by Crippen LogP contribution is 2.41. The van der Waals surface area contributed by atoms with E-state index in [0.29, 0.717) is 22.9 Å². The zero-order valence-corrected chi connectivity index (χ0v) is 21.1. The summed E-state index contributed by atoms with van der Waals surface area (Å²) in [5.41, 5.74) is 9.62. The highest BCUT2D eigenvalue weighted by Gasteiger charge is 2.34. The molecule has 1 saturated carbocycles. The van der Waals surface area contributed by atoms with Crippen LogP contribution >= 0.6 is 0 Å². The van der Waals surface area contributed by atoms with Crippen molar-refractivity contribution in [3.63, 3.8) is 0 Å². The van der Waals surface area contributed by atoms with Gasteiger partial charge in [-0.25, -0.2) is 19.9 Å². The number of benzene rings is 1. The Bertz CT molecular complexity index is 1600. The van der Waals surface area contributed by atoms with Crippen molar-refractivity contribution < 1.29 is 13.2 Å². The molecule has 0 bridgehead atoms. The summed E-state index contributed by atoms with van der Waals surface area (Å²) in [5.74, 6) is 1.20. The van der Waals surface area contributed by atoms with Gasteiger partial charge < -0.3 is 10.3 Å². The molecule has 196 valence electrons. The maximum Gasteiger partial charge on any atom is 0.434 e. The number of hydrogen-bond donors (Lipinski definition) is 1. The average Bonchev–Trinajstić information content (AvgIpc) is 3.64. The Balaban J connectivity index is 1.48. The van der Waals surface area contributed by atoms with Crippen LogP contribution in [0.25, 0.3) is 11.4 Å². The van der Waals surface area contributed by atoms with Gasteiger partial charge in [-0.2, -0.15) is 13.2 Å². The average molecular weight is 522 g/mol. The molecular formula is C27H26F3N7O. The fraction of sp³-hybridized carbons (Fsp3) is 0.296. The van der Waals surface area contributed by atoms with Gasteiger partial charge in [0.15, 0.2) is 5.69 Å². The number of nitrogens with two attached hydrogens (primary N) is 1. The van der Waals surface area contributed by atoms with Crippen molar-refractivity contribution in [1.82, 2.24) is 24.1 Å². The van der Waals surface area contributed by atoms with Crippen LogP contribution in [0.15, 0.2) is 58.7 Å². The standard InChI is InChI=1S/C27H26F3N7O/c1-15-4-11-21(38)37(25(15)35-24(31)22-16(2)32-14-33-23(22)18-9-10-18)12-17-5-7-19(8-6-17)26-34-20(13-36(26)3)27(28,29)30/h4-8,11,13-14,18H,9-10,12H2,1-3H3,(H2,31,35). The van der Waals surface area contributed by atoms with E-state index in [9.17, 15) is 18.0 Å². The van der Waals surface area contributed by atoms with E-state index in [1.165, 1.54) is 28.6 Å². The number of aryl methyl sites for hydroxylation is 3. The molecule has 1 aliphatic carbocycles. The fourth-order valence-electron chi connectivity index (χ4n) is 4.44. The van der Waals surface area contributed by atoms with Crippen LogP contribution in [-0.2, 0) is 19.8 Å². The van der Waals surface area contributed by atoms with Gasteiger partial charge in [-0.15, -0.1) is 0 Å². The first-order valence-electron chi connectivity index (χ1n) is 12.1. The highest BCUT2D eigenvalue weighted by atomic mass is 19.4. The van der Waals surface area contributed by atoms with E-state index in [4.69, 9.17) is 5.73 Å². The van der Waals surface area contributed by atoms with E-state index >= 15 is 0 Å². The molecule has 11 heteroatoms. The van der Waals surface area contributed by atoms with Crippen LogP contribution in [0.5, 0.6) is 0 Å². The van der Waals surface area contributed by atoms with E-state index in [1.807, 2.05) is 13.8 Å². The minimum atomic E-state index is -4.52. The first kappa shape index (κ1) is 25.4. The van der Waals surface area contributed by atoms with Crippen molar-refractivity contribution >= 4 is 11.7 Å². The molecule has 1 fully saturated rings. The van der Waals surface area contributed by atoms with E-state index in [2.05, 4.69) is 19.9 Å². The van der Waals surface area contributed by atoms with Gasteiger partial charge in [0.05, 0.1) is 23.5 Å². The number of rotatable bonds is 6. The lowest BCUT2D eigenvalue weighted by atomic mass is 10.1. The van der Waals surface area contributed by atoms with Crippen molar-refractivity contribution in [2.45, 2.75) is 45.3 Å². The summed E-state index contributed by atoms with van der Waals surface area (Å²) in [6, 6.07) is 10.0. The molecule has 1 aliphatic rings. The Labute approximate surface area is 216 Å². The molecule has 5 rings (SSSR count). The monoisotopic (exact) mass is 521 g/mol. The molecule has 4 aromatic rings. The third kappa shape index (κ3) is 4.96. The number of aromatic nitrogens is 5. The summed E-state index contributed by atoms with van der Waals surface area (Å²) in [7, 11) is 1.51. The molecule has 0 saturated heterocycles. The van der Waals surface area contributed by atoms with Gasteiger partial charge in [0.2, 0.25) is 0 Å². The van der Waals surface area contributed by atoms with Crippen LogP contribution in [-0.4, -0.2) is 29.9 Å². The van der Waals surface area contributed by atoms with Crippen LogP contribution < -0.4 is 11.3 Å². The fourth-order valence-corrected chi connectivity index (χ4v) is 4.44. The van der Waals surface area contributed by atoms with E-state index < -0.39 is 11.9 Å². The van der Waals surface area contributed by atoms with Gasteiger partial charge in [-0.05, 0) is 37.8 Å². The lowest BCUT2D eigenvalue weighted by Gasteiger charge is -2.15. The number of alkyl halides is 3. The Morgan fingerprint density at radius 2 is 1.82 bits per heavy atom. The number of aliphatic imine (C=N–C) groups is 1. The molecule has 8 nitrogen and oxygen atoms in total. The molecule has 3 aromatic heterocycles. The third-order valence-corrected chi connectivity index (χ3v) is 6.58. The predicted molar refractivity (Wildman–Crippen MR) is 137 cm³/mol. The summed E-state index contributed by atoms with van der Waals surface area (Å²) in [6.45, 7) is 3.90. The second-order valence-corrected chi connectivity index (χ2v) is 9.51. The molecule has 2 N–H and O–H groups in total. The summed E-state index contributed by atoms with van der Waals surface area (Å²) < 4.78 is 42.0. The Morgan fingerprint density at radius 3 is 2.45 bits per heavy atom. The molecular weight excluding hydrogens is 495 g/mol. The molecule has 38 heavy (non-hydrogen) atoms. The van der Waals surface area contributed by atoms with Crippen molar-refractivity contribution in [2.24, 2.45) is 17.8 Å². The van der Waals surface area contributed by atoms with Crippen LogP contribution in [0, 0.1) is 13.8 Å². The zero-order valence-electron chi connectivity index (χ0n) is 21.1. The lowest BCUT2D eigenvalue weighted by molar-refractivity contribution is -0.140. The van der Waals surface area contributed by atoms with E-state index in [0.717, 1.165) is 41.6 Å². The maximum absolute atomic E-state index is 13.1. The number of imidazole rings is 1. The van der Waals surface area contributed by atoms with Gasteiger partial charge in [0.1, 0.15) is 23.8 Å². The van der Waals surface area contributed by atoms with Crippen molar-refractivity contribution in [1.29, 1.82) is 0 Å². The summed E-state index contributed by atoms with van der Waals surface area (Å²) in [6.07, 6.45) is 0.0421. The van der Waals surface area contributed by atoms with Crippen LogP contribution in [0.4, 0.5) is 19.0 Å².